The van der Waals surface area contributed by atoms with E-state index in [1.54, 1.807) is 6.92 Å². The van der Waals surface area contributed by atoms with Gasteiger partial charge >= 0.3 is 41.5 Å². The van der Waals surface area contributed by atoms with Crippen LogP contribution < -0.4 is 29.6 Å². The summed E-state index contributed by atoms with van der Waals surface area (Å²) in [6, 6.07) is 0. The average molecular weight is 499 g/mol. The first-order valence-corrected chi connectivity index (χ1v) is 13.7. The van der Waals surface area contributed by atoms with E-state index in [4.69, 9.17) is 4.74 Å². The summed E-state index contributed by atoms with van der Waals surface area (Å²) in [6.07, 6.45) is 19.7. The quantitative estimate of drug-likeness (QED) is 0.0787. The zero-order valence-electron chi connectivity index (χ0n) is 21.0. The minimum atomic E-state index is -5.01. The number of esters is 2. The minimum absolute atomic E-state index is 0. The van der Waals surface area contributed by atoms with Crippen LogP contribution in [0.3, 0.4) is 0 Å². The molecule has 0 saturated heterocycles. The Morgan fingerprint density at radius 1 is 0.818 bits per heavy atom. The molecule has 0 bridgehead atoms. The second-order valence-corrected chi connectivity index (χ2v) is 9.82. The van der Waals surface area contributed by atoms with Crippen molar-refractivity contribution >= 4 is 22.1 Å². The van der Waals surface area contributed by atoms with Crippen molar-refractivity contribution in [3.05, 3.63) is 12.3 Å². The van der Waals surface area contributed by atoms with Crippen molar-refractivity contribution in [3.8, 4) is 0 Å². The maximum absolute atomic E-state index is 11.9. The Morgan fingerprint density at radius 2 is 1.24 bits per heavy atom. The van der Waals surface area contributed by atoms with Crippen molar-refractivity contribution in [1.82, 2.24) is 0 Å². The van der Waals surface area contributed by atoms with Gasteiger partial charge in [-0.05, 0) is 13.3 Å². The number of carbonyl (C=O) groups excluding carboxylic acids is 2. The summed E-state index contributed by atoms with van der Waals surface area (Å²) in [6.45, 7) is 3.87. The monoisotopic (exact) mass is 498 g/mol. The zero-order valence-corrected chi connectivity index (χ0v) is 23.8. The molecule has 0 aromatic rings. The largest absolute Gasteiger partial charge is 1.00 e. The molecule has 0 heterocycles. The summed E-state index contributed by atoms with van der Waals surface area (Å²) in [4.78, 5) is 23.4. The fraction of sp³-hybridized carbons (Fsp3) is 0.833. The van der Waals surface area contributed by atoms with E-state index in [0.717, 1.165) is 25.5 Å². The standard InChI is InChI=1S/C24H44O7S.Na/c1-3-5-6-7-8-9-10-11-12-13-14-15-16-17-18-20-31-24(26)22(32(27,28)29)21-23(25)30-19-4-2;/h4,19,22H,3,5-18,20-21H2,1-2H3,(H,27,28,29);/q;+1/p-1/b19-4+;. The van der Waals surface area contributed by atoms with Crippen molar-refractivity contribution in [1.29, 1.82) is 0 Å². The van der Waals surface area contributed by atoms with Crippen LogP contribution in [0.25, 0.3) is 0 Å². The van der Waals surface area contributed by atoms with Crippen LogP contribution in [-0.2, 0) is 29.2 Å². The second kappa shape index (κ2) is 23.3. The van der Waals surface area contributed by atoms with E-state index in [2.05, 4.69) is 11.7 Å². The molecule has 0 N–H and O–H groups in total. The van der Waals surface area contributed by atoms with Gasteiger partial charge in [0.05, 0.1) is 19.3 Å². The van der Waals surface area contributed by atoms with Gasteiger partial charge in [-0.2, -0.15) is 0 Å². The van der Waals surface area contributed by atoms with Crippen LogP contribution in [0.1, 0.15) is 117 Å². The summed E-state index contributed by atoms with van der Waals surface area (Å²) >= 11 is 0. The SMILES string of the molecule is C/C=C/OC(=O)CC(C(=O)OCCCCCCCCCCCCCCCCC)S(=O)(=O)[O-].[Na+]. The Morgan fingerprint density at radius 3 is 1.64 bits per heavy atom. The van der Waals surface area contributed by atoms with Gasteiger partial charge in [-0.1, -0.05) is 103 Å². The van der Waals surface area contributed by atoms with Gasteiger partial charge in [-0.15, -0.1) is 0 Å². The molecule has 9 heteroatoms. The summed E-state index contributed by atoms with van der Waals surface area (Å²) in [5, 5.41) is -2.07. The third-order valence-electron chi connectivity index (χ3n) is 5.29. The number of ether oxygens (including phenoxy) is 2. The van der Waals surface area contributed by atoms with Crippen LogP contribution in [0.4, 0.5) is 0 Å². The smallest absolute Gasteiger partial charge is 0.747 e. The maximum Gasteiger partial charge on any atom is 1.00 e. The van der Waals surface area contributed by atoms with Crippen LogP contribution >= 0.6 is 0 Å². The molecule has 0 saturated carbocycles. The summed E-state index contributed by atoms with van der Waals surface area (Å²) in [7, 11) is -5.01. The van der Waals surface area contributed by atoms with Crippen LogP contribution in [0.5, 0.6) is 0 Å². The molecule has 33 heavy (non-hydrogen) atoms. The molecule has 0 aliphatic rings. The van der Waals surface area contributed by atoms with E-state index in [1.165, 1.54) is 76.7 Å². The number of unbranched alkanes of at least 4 members (excludes halogenated alkanes) is 14. The first-order valence-electron chi connectivity index (χ1n) is 12.2. The van der Waals surface area contributed by atoms with E-state index < -0.39 is 33.7 Å². The topological polar surface area (TPSA) is 110 Å². The van der Waals surface area contributed by atoms with Gasteiger partial charge < -0.3 is 14.0 Å². The van der Waals surface area contributed by atoms with Crippen LogP contribution in [-0.4, -0.2) is 36.8 Å². The summed E-state index contributed by atoms with van der Waals surface area (Å²) in [5.74, 6) is -2.17. The normalized spacial score (nSPS) is 12.3. The molecule has 188 valence electrons. The minimum Gasteiger partial charge on any atom is -0.747 e. The molecular formula is C24H43NaO7S. The van der Waals surface area contributed by atoms with Gasteiger partial charge in [0.15, 0.2) is 5.25 Å². The summed E-state index contributed by atoms with van der Waals surface area (Å²) in [5.41, 5.74) is 0. The van der Waals surface area contributed by atoms with E-state index in [-0.39, 0.29) is 36.2 Å². The third-order valence-corrected chi connectivity index (χ3v) is 6.35. The Bertz CT molecular complexity index is 620. The molecule has 1 atom stereocenters. The van der Waals surface area contributed by atoms with Gasteiger partial charge in [0.2, 0.25) is 0 Å². The fourth-order valence-electron chi connectivity index (χ4n) is 3.39. The molecule has 1 unspecified atom stereocenters. The predicted octanol–water partition coefficient (Wildman–Crippen LogP) is 2.79. The van der Waals surface area contributed by atoms with E-state index in [9.17, 15) is 22.6 Å². The first-order chi connectivity index (χ1) is 15.3. The predicted molar refractivity (Wildman–Crippen MR) is 125 cm³/mol. The fourth-order valence-corrected chi connectivity index (χ4v) is 4.03. The average Bonchev–Trinajstić information content (AvgIpc) is 2.74. The van der Waals surface area contributed by atoms with Crippen molar-refractivity contribution < 1.29 is 61.6 Å². The first kappa shape index (κ1) is 34.8. The Balaban J connectivity index is 0. The number of hydrogen-bond donors (Lipinski definition) is 0. The van der Waals surface area contributed by atoms with Crippen molar-refractivity contribution in [2.75, 3.05) is 6.61 Å². The molecule has 0 aromatic heterocycles. The van der Waals surface area contributed by atoms with Crippen molar-refractivity contribution in [2.24, 2.45) is 0 Å². The third kappa shape index (κ3) is 21.8. The van der Waals surface area contributed by atoms with Crippen molar-refractivity contribution in [3.63, 3.8) is 0 Å². The van der Waals surface area contributed by atoms with Gasteiger partial charge in [0, 0.05) is 0 Å². The van der Waals surface area contributed by atoms with Crippen LogP contribution in [0.15, 0.2) is 12.3 Å². The van der Waals surface area contributed by atoms with Gasteiger partial charge in [-0.3, -0.25) is 9.59 Å². The molecule has 0 radical (unpaired) electrons. The Labute approximate surface area is 223 Å². The zero-order chi connectivity index (χ0) is 24.1. The van der Waals surface area contributed by atoms with Gasteiger partial charge in [0.1, 0.15) is 10.1 Å². The molecule has 0 aliphatic heterocycles. The van der Waals surface area contributed by atoms with Crippen molar-refractivity contribution in [2.45, 2.75) is 122 Å². The number of carbonyl (C=O) groups is 2. The Kier molecular flexibility index (Phi) is 24.6. The number of hydrogen-bond acceptors (Lipinski definition) is 7. The summed E-state index contributed by atoms with van der Waals surface area (Å²) < 4.78 is 43.3. The Hall–Kier alpha value is -0.410. The van der Waals surface area contributed by atoms with E-state index in [1.807, 2.05) is 0 Å². The van der Waals surface area contributed by atoms with Crippen LogP contribution in [0, 0.1) is 0 Å². The molecule has 0 spiro atoms. The molecule has 7 nitrogen and oxygen atoms in total. The number of allylic oxidation sites excluding steroid dienone is 1. The molecule has 0 aliphatic carbocycles. The molecule has 0 fully saturated rings. The molecule has 0 rings (SSSR count). The van der Waals surface area contributed by atoms with Gasteiger partial charge in [0.25, 0.3) is 0 Å². The van der Waals surface area contributed by atoms with E-state index in [0.29, 0.717) is 6.42 Å². The maximum atomic E-state index is 11.9. The van der Waals surface area contributed by atoms with Crippen LogP contribution in [0.2, 0.25) is 0 Å². The van der Waals surface area contributed by atoms with Gasteiger partial charge in [-0.25, -0.2) is 8.42 Å². The second-order valence-electron chi connectivity index (χ2n) is 8.26. The molecule has 0 aromatic carbocycles. The number of rotatable bonds is 21. The molecular weight excluding hydrogens is 455 g/mol. The molecule has 0 amide bonds. The van der Waals surface area contributed by atoms with E-state index >= 15 is 0 Å².